The molecule has 1 atom stereocenters. The number of nitrogens with one attached hydrogen (secondary N) is 1. The van der Waals surface area contributed by atoms with Gasteiger partial charge in [0.1, 0.15) is 0 Å². The smallest absolute Gasteiger partial charge is 0.257 e. The summed E-state index contributed by atoms with van der Waals surface area (Å²) in [6.07, 6.45) is 0. The summed E-state index contributed by atoms with van der Waals surface area (Å²) in [7, 11) is 4.55. The van der Waals surface area contributed by atoms with Crippen LogP contribution in [0.5, 0.6) is 17.2 Å². The molecule has 0 aliphatic carbocycles. The average molecular weight is 428 g/mol. The van der Waals surface area contributed by atoms with E-state index in [1.54, 1.807) is 17.0 Å². The predicted octanol–water partition coefficient (Wildman–Crippen LogP) is 1.27. The van der Waals surface area contributed by atoms with E-state index in [2.05, 4.69) is 5.32 Å². The standard InChI is InChI=1S/C20H29N3O5.ClH/c1-13(14-11-21-12-14)19(24)22-7-9-23(10-8-22)20(25)15-5-6-16(26-2)18(28-4)17(15)27-3;/h5-6,13-14,21H,7-12H2,1-4H3;1H. The van der Waals surface area contributed by atoms with Crippen molar-refractivity contribution in [3.8, 4) is 17.2 Å². The summed E-state index contributed by atoms with van der Waals surface area (Å²) in [5.74, 6) is 1.75. The van der Waals surface area contributed by atoms with Gasteiger partial charge >= 0.3 is 0 Å². The zero-order chi connectivity index (χ0) is 20.3. The minimum atomic E-state index is -0.138. The Bertz CT molecular complexity index is 733. The van der Waals surface area contributed by atoms with Crippen molar-refractivity contribution < 1.29 is 23.8 Å². The maximum atomic E-state index is 13.1. The lowest BCUT2D eigenvalue weighted by Gasteiger charge is -2.39. The van der Waals surface area contributed by atoms with Gasteiger partial charge in [0.05, 0.1) is 26.9 Å². The topological polar surface area (TPSA) is 80.3 Å². The van der Waals surface area contributed by atoms with Gasteiger partial charge in [0, 0.05) is 32.1 Å². The number of methoxy groups -OCH3 is 3. The molecule has 0 spiro atoms. The van der Waals surface area contributed by atoms with Crippen LogP contribution in [0.4, 0.5) is 0 Å². The van der Waals surface area contributed by atoms with E-state index in [4.69, 9.17) is 14.2 Å². The fourth-order valence-electron chi connectivity index (χ4n) is 3.72. The van der Waals surface area contributed by atoms with E-state index in [1.807, 2.05) is 11.8 Å². The first-order valence-electron chi connectivity index (χ1n) is 9.59. The van der Waals surface area contributed by atoms with Crippen molar-refractivity contribution in [2.24, 2.45) is 11.8 Å². The summed E-state index contributed by atoms with van der Waals surface area (Å²) in [4.78, 5) is 29.4. The van der Waals surface area contributed by atoms with Crippen molar-refractivity contribution in [1.29, 1.82) is 0 Å². The quantitative estimate of drug-likeness (QED) is 0.736. The number of halogens is 1. The zero-order valence-corrected chi connectivity index (χ0v) is 18.2. The highest BCUT2D eigenvalue weighted by Crippen LogP contribution is 2.40. The second kappa shape index (κ2) is 10.0. The summed E-state index contributed by atoms with van der Waals surface area (Å²) in [5.41, 5.74) is 0.425. The van der Waals surface area contributed by atoms with Crippen LogP contribution in [0.15, 0.2) is 12.1 Å². The molecular weight excluding hydrogens is 398 g/mol. The first-order chi connectivity index (χ1) is 13.5. The van der Waals surface area contributed by atoms with Crippen molar-refractivity contribution >= 4 is 24.2 Å². The van der Waals surface area contributed by atoms with Crippen LogP contribution in [0.1, 0.15) is 17.3 Å². The van der Waals surface area contributed by atoms with E-state index in [0.29, 0.717) is 54.9 Å². The van der Waals surface area contributed by atoms with Gasteiger partial charge in [-0.15, -0.1) is 12.4 Å². The molecule has 2 aliphatic rings. The van der Waals surface area contributed by atoms with Gasteiger partial charge in [0.15, 0.2) is 11.5 Å². The maximum Gasteiger partial charge on any atom is 0.257 e. The molecule has 162 valence electrons. The Labute approximate surface area is 177 Å². The molecule has 0 radical (unpaired) electrons. The molecule has 29 heavy (non-hydrogen) atoms. The van der Waals surface area contributed by atoms with Gasteiger partial charge in [-0.05, 0) is 31.1 Å². The monoisotopic (exact) mass is 427 g/mol. The number of ether oxygens (including phenoxy) is 3. The van der Waals surface area contributed by atoms with Crippen LogP contribution >= 0.6 is 12.4 Å². The Morgan fingerprint density at radius 1 is 0.966 bits per heavy atom. The van der Waals surface area contributed by atoms with Crippen LogP contribution in [0.25, 0.3) is 0 Å². The minimum Gasteiger partial charge on any atom is -0.493 e. The Hall–Kier alpha value is -2.19. The van der Waals surface area contributed by atoms with Gasteiger partial charge in [-0.2, -0.15) is 0 Å². The third-order valence-corrected chi connectivity index (χ3v) is 5.72. The van der Waals surface area contributed by atoms with Crippen LogP contribution in [-0.4, -0.2) is 82.2 Å². The number of amides is 2. The molecule has 2 saturated heterocycles. The Kier molecular flexibility index (Phi) is 7.98. The lowest BCUT2D eigenvalue weighted by Crippen LogP contribution is -2.55. The molecule has 3 rings (SSSR count). The van der Waals surface area contributed by atoms with Gasteiger partial charge in [0.25, 0.3) is 5.91 Å². The molecule has 2 amide bonds. The van der Waals surface area contributed by atoms with Crippen molar-refractivity contribution in [3.05, 3.63) is 17.7 Å². The first kappa shape index (κ1) is 23.1. The van der Waals surface area contributed by atoms with Crippen LogP contribution in [0.2, 0.25) is 0 Å². The first-order valence-corrected chi connectivity index (χ1v) is 9.59. The number of benzene rings is 1. The van der Waals surface area contributed by atoms with E-state index in [-0.39, 0.29) is 30.1 Å². The molecule has 1 unspecified atom stereocenters. The summed E-state index contributed by atoms with van der Waals surface area (Å²) < 4.78 is 16.1. The summed E-state index contributed by atoms with van der Waals surface area (Å²) >= 11 is 0. The third kappa shape index (κ3) is 4.53. The van der Waals surface area contributed by atoms with Crippen molar-refractivity contribution in [2.75, 3.05) is 60.6 Å². The van der Waals surface area contributed by atoms with Crippen molar-refractivity contribution in [1.82, 2.24) is 15.1 Å². The number of hydrogen-bond donors (Lipinski definition) is 1. The number of hydrogen-bond acceptors (Lipinski definition) is 6. The fraction of sp³-hybridized carbons (Fsp3) is 0.600. The number of piperazine rings is 1. The normalized spacial score (nSPS) is 17.7. The number of carbonyl (C=O) groups is 2. The van der Waals surface area contributed by atoms with Crippen LogP contribution in [-0.2, 0) is 4.79 Å². The number of nitrogens with zero attached hydrogens (tertiary/aromatic N) is 2. The summed E-state index contributed by atoms with van der Waals surface area (Å²) in [6.45, 7) is 5.90. The van der Waals surface area contributed by atoms with E-state index < -0.39 is 0 Å². The molecule has 0 saturated carbocycles. The molecular formula is C20H30ClN3O5. The molecule has 2 fully saturated rings. The van der Waals surface area contributed by atoms with E-state index in [0.717, 1.165) is 13.1 Å². The second-order valence-electron chi connectivity index (χ2n) is 7.21. The van der Waals surface area contributed by atoms with E-state index in [9.17, 15) is 9.59 Å². The van der Waals surface area contributed by atoms with Crippen LogP contribution in [0, 0.1) is 11.8 Å². The average Bonchev–Trinajstić information content (AvgIpc) is 2.70. The highest BCUT2D eigenvalue weighted by atomic mass is 35.5. The molecule has 0 bridgehead atoms. The van der Waals surface area contributed by atoms with Crippen LogP contribution < -0.4 is 19.5 Å². The minimum absolute atomic E-state index is 0. The van der Waals surface area contributed by atoms with Crippen LogP contribution in [0.3, 0.4) is 0 Å². The van der Waals surface area contributed by atoms with E-state index >= 15 is 0 Å². The lowest BCUT2D eigenvalue weighted by molar-refractivity contribution is -0.138. The summed E-state index contributed by atoms with van der Waals surface area (Å²) in [5, 5.41) is 3.21. The number of rotatable bonds is 6. The number of carbonyl (C=O) groups excluding carboxylic acids is 2. The molecule has 0 aromatic heterocycles. The molecule has 1 N–H and O–H groups in total. The predicted molar refractivity (Wildman–Crippen MR) is 111 cm³/mol. The van der Waals surface area contributed by atoms with E-state index in [1.165, 1.54) is 21.3 Å². The highest BCUT2D eigenvalue weighted by molar-refractivity contribution is 5.98. The molecule has 2 aliphatic heterocycles. The SMILES string of the molecule is COc1ccc(C(=O)N2CCN(C(=O)C(C)C3CNC3)CC2)c(OC)c1OC.Cl. The zero-order valence-electron chi connectivity index (χ0n) is 17.4. The lowest BCUT2D eigenvalue weighted by atomic mass is 9.88. The third-order valence-electron chi connectivity index (χ3n) is 5.72. The van der Waals surface area contributed by atoms with Gasteiger partial charge in [-0.25, -0.2) is 0 Å². The van der Waals surface area contributed by atoms with Gasteiger partial charge in [0.2, 0.25) is 11.7 Å². The largest absolute Gasteiger partial charge is 0.493 e. The molecule has 1 aromatic rings. The van der Waals surface area contributed by atoms with Gasteiger partial charge in [-0.3, -0.25) is 9.59 Å². The molecule has 2 heterocycles. The molecule has 9 heteroatoms. The van der Waals surface area contributed by atoms with Crippen molar-refractivity contribution in [2.45, 2.75) is 6.92 Å². The fourth-order valence-corrected chi connectivity index (χ4v) is 3.72. The van der Waals surface area contributed by atoms with Gasteiger partial charge < -0.3 is 29.3 Å². The Morgan fingerprint density at radius 2 is 1.55 bits per heavy atom. The Morgan fingerprint density at radius 3 is 2.03 bits per heavy atom. The second-order valence-corrected chi connectivity index (χ2v) is 7.21. The van der Waals surface area contributed by atoms with Gasteiger partial charge in [-0.1, -0.05) is 6.92 Å². The molecule has 8 nitrogen and oxygen atoms in total. The Balaban J connectivity index is 0.00000300. The maximum absolute atomic E-state index is 13.1. The highest BCUT2D eigenvalue weighted by Gasteiger charge is 2.34. The molecule has 1 aromatic carbocycles. The summed E-state index contributed by atoms with van der Waals surface area (Å²) in [6, 6.07) is 3.38. The van der Waals surface area contributed by atoms with Crippen molar-refractivity contribution in [3.63, 3.8) is 0 Å².